The average molecular weight is 268 g/mol. The first-order valence-electron chi connectivity index (χ1n) is 7.46. The molecule has 0 saturated carbocycles. The molecule has 1 heterocycles. The van der Waals surface area contributed by atoms with Crippen LogP contribution in [0, 0.1) is 0 Å². The Morgan fingerprint density at radius 1 is 1.26 bits per heavy atom. The first kappa shape index (κ1) is 16.0. The smallest absolute Gasteiger partial charge is 0.393 e. The van der Waals surface area contributed by atoms with Gasteiger partial charge in [-0.05, 0) is 19.8 Å². The summed E-state index contributed by atoms with van der Waals surface area (Å²) in [6.07, 6.45) is 8.33. The highest BCUT2D eigenvalue weighted by atomic mass is 16.6. The van der Waals surface area contributed by atoms with Gasteiger partial charge >= 0.3 is 6.08 Å². The summed E-state index contributed by atoms with van der Waals surface area (Å²) in [5.74, 6) is 0. The first-order chi connectivity index (χ1) is 9.11. The average Bonchev–Trinajstić information content (AvgIpc) is 2.80. The quantitative estimate of drug-likeness (QED) is 0.654. The van der Waals surface area contributed by atoms with Gasteiger partial charge in [0.2, 0.25) is 0 Å². The SMILES string of the molecule is CCCCCCC(C)Oc1nc(CNC(C)C)co1. The minimum absolute atomic E-state index is 0.168. The lowest BCUT2D eigenvalue weighted by Gasteiger charge is -2.10. The second kappa shape index (κ2) is 8.97. The van der Waals surface area contributed by atoms with Gasteiger partial charge in [0.15, 0.2) is 0 Å². The topological polar surface area (TPSA) is 47.3 Å². The fraction of sp³-hybridized carbons (Fsp3) is 0.800. The van der Waals surface area contributed by atoms with Crippen LogP contribution in [0.5, 0.6) is 6.08 Å². The highest BCUT2D eigenvalue weighted by Crippen LogP contribution is 2.15. The van der Waals surface area contributed by atoms with Gasteiger partial charge in [-0.15, -0.1) is 0 Å². The van der Waals surface area contributed by atoms with Crippen LogP contribution in [0.25, 0.3) is 0 Å². The molecule has 0 spiro atoms. The number of nitrogens with one attached hydrogen (secondary N) is 1. The number of unbranched alkanes of at least 4 members (excludes halogenated alkanes) is 3. The Balaban J connectivity index is 2.24. The molecule has 0 radical (unpaired) electrons. The highest BCUT2D eigenvalue weighted by molar-refractivity contribution is 4.99. The van der Waals surface area contributed by atoms with Crippen LogP contribution in [0.15, 0.2) is 10.7 Å². The molecule has 1 N–H and O–H groups in total. The van der Waals surface area contributed by atoms with Crippen molar-refractivity contribution in [3.05, 3.63) is 12.0 Å². The van der Waals surface area contributed by atoms with Crippen LogP contribution in [0.4, 0.5) is 0 Å². The van der Waals surface area contributed by atoms with E-state index in [1.807, 2.05) is 0 Å². The van der Waals surface area contributed by atoms with Gasteiger partial charge in [-0.1, -0.05) is 40.0 Å². The molecular weight excluding hydrogens is 240 g/mol. The minimum atomic E-state index is 0.168. The molecule has 1 aromatic rings. The Bertz CT molecular complexity index is 337. The van der Waals surface area contributed by atoms with E-state index in [1.54, 1.807) is 6.26 Å². The molecular formula is C15H28N2O2. The zero-order valence-corrected chi connectivity index (χ0v) is 12.7. The zero-order valence-electron chi connectivity index (χ0n) is 12.7. The number of nitrogens with zero attached hydrogens (tertiary/aromatic N) is 1. The van der Waals surface area contributed by atoms with Crippen LogP contribution < -0.4 is 10.1 Å². The maximum Gasteiger partial charge on any atom is 0.393 e. The third kappa shape index (κ3) is 7.21. The highest BCUT2D eigenvalue weighted by Gasteiger charge is 2.10. The van der Waals surface area contributed by atoms with E-state index in [0.29, 0.717) is 12.1 Å². The van der Waals surface area contributed by atoms with E-state index in [-0.39, 0.29) is 6.10 Å². The van der Waals surface area contributed by atoms with Gasteiger partial charge in [-0.2, -0.15) is 4.98 Å². The fourth-order valence-corrected chi connectivity index (χ4v) is 1.82. The number of aromatic nitrogens is 1. The lowest BCUT2D eigenvalue weighted by molar-refractivity contribution is 0.151. The summed E-state index contributed by atoms with van der Waals surface area (Å²) in [6.45, 7) is 9.22. The molecule has 4 nitrogen and oxygen atoms in total. The van der Waals surface area contributed by atoms with Crippen molar-refractivity contribution in [2.75, 3.05) is 0 Å². The summed E-state index contributed by atoms with van der Waals surface area (Å²) in [6, 6.07) is 0.443. The largest absolute Gasteiger partial charge is 0.447 e. The molecule has 0 aliphatic rings. The molecule has 0 amide bonds. The van der Waals surface area contributed by atoms with Gasteiger partial charge in [0.05, 0.1) is 5.69 Å². The third-order valence-corrected chi connectivity index (χ3v) is 2.99. The van der Waals surface area contributed by atoms with Crippen LogP contribution in [0.2, 0.25) is 0 Å². The Kier molecular flexibility index (Phi) is 7.56. The Hall–Kier alpha value is -1.03. The van der Waals surface area contributed by atoms with E-state index in [9.17, 15) is 0 Å². The predicted molar refractivity (Wildman–Crippen MR) is 77.3 cm³/mol. The molecule has 1 unspecified atom stereocenters. The van der Waals surface area contributed by atoms with Gasteiger partial charge in [0.1, 0.15) is 12.4 Å². The van der Waals surface area contributed by atoms with Gasteiger partial charge in [0.25, 0.3) is 0 Å². The fourth-order valence-electron chi connectivity index (χ4n) is 1.82. The monoisotopic (exact) mass is 268 g/mol. The van der Waals surface area contributed by atoms with Crippen LogP contribution >= 0.6 is 0 Å². The van der Waals surface area contributed by atoms with Gasteiger partial charge < -0.3 is 14.5 Å². The molecule has 19 heavy (non-hydrogen) atoms. The molecule has 0 fully saturated rings. The Morgan fingerprint density at radius 3 is 2.74 bits per heavy atom. The van der Waals surface area contributed by atoms with E-state index >= 15 is 0 Å². The summed E-state index contributed by atoms with van der Waals surface area (Å²) in [5, 5.41) is 3.30. The van der Waals surface area contributed by atoms with Crippen molar-refractivity contribution in [2.45, 2.75) is 78.5 Å². The normalized spacial score (nSPS) is 12.9. The summed E-state index contributed by atoms with van der Waals surface area (Å²) in [5.41, 5.74) is 0.891. The molecule has 0 aromatic carbocycles. The van der Waals surface area contributed by atoms with Crippen molar-refractivity contribution in [3.8, 4) is 6.08 Å². The molecule has 0 aliphatic heterocycles. The standard InChI is InChI=1S/C15H28N2O2/c1-5-6-7-8-9-13(4)19-15-17-14(11-18-15)10-16-12(2)3/h11-13,16H,5-10H2,1-4H3. The molecule has 1 atom stereocenters. The zero-order chi connectivity index (χ0) is 14.1. The lowest BCUT2D eigenvalue weighted by Crippen LogP contribution is -2.22. The predicted octanol–water partition coefficient (Wildman–Crippen LogP) is 3.91. The van der Waals surface area contributed by atoms with Gasteiger partial charge in [-0.25, -0.2) is 0 Å². The third-order valence-electron chi connectivity index (χ3n) is 2.99. The summed E-state index contributed by atoms with van der Waals surface area (Å²) in [7, 11) is 0. The molecule has 0 bridgehead atoms. The number of hydrogen-bond acceptors (Lipinski definition) is 4. The van der Waals surface area contributed by atoms with E-state index in [4.69, 9.17) is 9.15 Å². The van der Waals surface area contributed by atoms with Crippen molar-refractivity contribution >= 4 is 0 Å². The Labute approximate surface area is 116 Å². The number of oxazole rings is 1. The summed E-state index contributed by atoms with van der Waals surface area (Å²) >= 11 is 0. The molecule has 110 valence electrons. The maximum atomic E-state index is 5.68. The van der Waals surface area contributed by atoms with Gasteiger partial charge in [0, 0.05) is 12.6 Å². The van der Waals surface area contributed by atoms with Crippen LogP contribution in [-0.4, -0.2) is 17.1 Å². The molecule has 0 saturated heterocycles. The van der Waals surface area contributed by atoms with Crippen molar-refractivity contribution < 1.29 is 9.15 Å². The molecule has 1 aromatic heterocycles. The van der Waals surface area contributed by atoms with E-state index in [1.165, 1.54) is 25.7 Å². The second-order valence-electron chi connectivity index (χ2n) is 5.42. The van der Waals surface area contributed by atoms with Crippen molar-refractivity contribution in [2.24, 2.45) is 0 Å². The summed E-state index contributed by atoms with van der Waals surface area (Å²) in [4.78, 5) is 4.32. The van der Waals surface area contributed by atoms with Crippen molar-refractivity contribution in [1.29, 1.82) is 0 Å². The number of ether oxygens (including phenoxy) is 1. The van der Waals surface area contributed by atoms with E-state index in [0.717, 1.165) is 18.7 Å². The molecule has 1 rings (SSSR count). The summed E-state index contributed by atoms with van der Waals surface area (Å²) < 4.78 is 11.0. The van der Waals surface area contributed by atoms with Gasteiger partial charge in [-0.3, -0.25) is 0 Å². The lowest BCUT2D eigenvalue weighted by atomic mass is 10.1. The van der Waals surface area contributed by atoms with E-state index in [2.05, 4.69) is 38.0 Å². The van der Waals surface area contributed by atoms with E-state index < -0.39 is 0 Å². The number of rotatable bonds is 10. The number of hydrogen-bond donors (Lipinski definition) is 1. The Morgan fingerprint density at radius 2 is 2.05 bits per heavy atom. The van der Waals surface area contributed by atoms with Crippen molar-refractivity contribution in [1.82, 2.24) is 10.3 Å². The van der Waals surface area contributed by atoms with Crippen LogP contribution in [-0.2, 0) is 6.54 Å². The first-order valence-corrected chi connectivity index (χ1v) is 7.46. The molecule has 0 aliphatic carbocycles. The van der Waals surface area contributed by atoms with Crippen LogP contribution in [0.3, 0.4) is 0 Å². The van der Waals surface area contributed by atoms with Crippen LogP contribution in [0.1, 0.15) is 65.5 Å². The molecule has 4 heteroatoms. The minimum Gasteiger partial charge on any atom is -0.447 e. The van der Waals surface area contributed by atoms with Crippen molar-refractivity contribution in [3.63, 3.8) is 0 Å². The maximum absolute atomic E-state index is 5.68. The second-order valence-corrected chi connectivity index (χ2v) is 5.42.